The fourth-order valence-electron chi connectivity index (χ4n) is 1.91. The number of ether oxygens (including phenoxy) is 1. The summed E-state index contributed by atoms with van der Waals surface area (Å²) < 4.78 is 5.05. The van der Waals surface area contributed by atoms with Crippen LogP contribution < -0.4 is 0 Å². The van der Waals surface area contributed by atoms with E-state index in [1.165, 1.54) is 5.56 Å². The lowest BCUT2D eigenvalue weighted by Crippen LogP contribution is -2.27. The van der Waals surface area contributed by atoms with E-state index in [-0.39, 0.29) is 11.4 Å². The van der Waals surface area contributed by atoms with Crippen LogP contribution in [0.2, 0.25) is 0 Å². The van der Waals surface area contributed by atoms with Crippen LogP contribution in [0.4, 0.5) is 0 Å². The lowest BCUT2D eigenvalue weighted by atomic mass is 9.77. The van der Waals surface area contributed by atoms with Gasteiger partial charge in [-0.1, -0.05) is 53.2 Å². The summed E-state index contributed by atoms with van der Waals surface area (Å²) in [4.78, 5) is 11.7. The molecule has 94 valence electrons. The second kappa shape index (κ2) is 6.80. The fraction of sp³-hybridized carbons (Fsp3) is 0.500. The van der Waals surface area contributed by atoms with Crippen molar-refractivity contribution in [2.24, 2.45) is 0 Å². The first-order valence-electron chi connectivity index (χ1n) is 5.89. The first-order chi connectivity index (χ1) is 8.12. The highest BCUT2D eigenvalue weighted by atomic mass is 79.9. The largest absolute Gasteiger partial charge is 0.466 e. The molecule has 0 aromatic heterocycles. The van der Waals surface area contributed by atoms with Gasteiger partial charge in [-0.15, -0.1) is 0 Å². The van der Waals surface area contributed by atoms with E-state index in [9.17, 15) is 4.79 Å². The Bertz CT molecular complexity index is 350. The summed E-state index contributed by atoms with van der Waals surface area (Å²) in [5.41, 5.74) is 1.03. The fourth-order valence-corrected chi connectivity index (χ4v) is 2.79. The first kappa shape index (κ1) is 14.2. The molecule has 1 rings (SSSR count). The van der Waals surface area contributed by atoms with E-state index in [1.807, 2.05) is 25.1 Å². The average Bonchev–Trinajstić information content (AvgIpc) is 2.30. The summed E-state index contributed by atoms with van der Waals surface area (Å²) in [6.07, 6.45) is 1.34. The van der Waals surface area contributed by atoms with Crippen LogP contribution in [0.25, 0.3) is 0 Å². The van der Waals surface area contributed by atoms with Gasteiger partial charge in [0.15, 0.2) is 0 Å². The zero-order chi connectivity index (χ0) is 12.7. The van der Waals surface area contributed by atoms with Crippen molar-refractivity contribution in [3.8, 4) is 0 Å². The first-order valence-corrected chi connectivity index (χ1v) is 7.01. The molecule has 0 radical (unpaired) electrons. The number of rotatable bonds is 6. The van der Waals surface area contributed by atoms with Gasteiger partial charge in [0.05, 0.1) is 13.0 Å². The van der Waals surface area contributed by atoms with Crippen molar-refractivity contribution in [1.29, 1.82) is 0 Å². The maximum Gasteiger partial charge on any atom is 0.306 e. The minimum absolute atomic E-state index is 0.125. The van der Waals surface area contributed by atoms with Crippen LogP contribution in [0.15, 0.2) is 30.3 Å². The predicted octanol–water partition coefficient (Wildman–Crippen LogP) is 3.68. The van der Waals surface area contributed by atoms with Crippen LogP contribution in [0, 0.1) is 0 Å². The number of hydrogen-bond donors (Lipinski definition) is 0. The average molecular weight is 299 g/mol. The van der Waals surface area contributed by atoms with Crippen molar-refractivity contribution in [2.45, 2.75) is 32.1 Å². The standard InChI is InChI=1S/C14H19BrO2/c1-3-17-13(16)11-14(2,9-10-15)12-7-5-4-6-8-12/h4-8H,3,9-11H2,1-2H3. The zero-order valence-electron chi connectivity index (χ0n) is 10.4. The van der Waals surface area contributed by atoms with Crippen LogP contribution in [0.1, 0.15) is 32.3 Å². The summed E-state index contributed by atoms with van der Waals surface area (Å²) in [7, 11) is 0. The Labute approximate surface area is 111 Å². The molecule has 0 fully saturated rings. The molecule has 3 heteroatoms. The van der Waals surface area contributed by atoms with Crippen molar-refractivity contribution in [2.75, 3.05) is 11.9 Å². The second-order valence-electron chi connectivity index (χ2n) is 4.35. The molecular formula is C14H19BrO2. The van der Waals surface area contributed by atoms with Gasteiger partial charge < -0.3 is 4.74 Å². The number of halogens is 1. The molecule has 0 bridgehead atoms. The molecule has 1 aromatic carbocycles. The third kappa shape index (κ3) is 4.15. The molecule has 0 N–H and O–H groups in total. The minimum Gasteiger partial charge on any atom is -0.466 e. The topological polar surface area (TPSA) is 26.3 Å². The maximum atomic E-state index is 11.7. The molecule has 0 spiro atoms. The van der Waals surface area contributed by atoms with Crippen LogP contribution in [-0.4, -0.2) is 17.9 Å². The molecule has 0 aliphatic carbocycles. The van der Waals surface area contributed by atoms with Gasteiger partial charge in [0, 0.05) is 10.7 Å². The molecule has 1 atom stereocenters. The number of esters is 1. The van der Waals surface area contributed by atoms with Crippen molar-refractivity contribution in [3.05, 3.63) is 35.9 Å². The number of carbonyl (C=O) groups excluding carboxylic acids is 1. The summed E-state index contributed by atoms with van der Waals surface area (Å²) in [6.45, 7) is 4.39. The molecule has 0 amide bonds. The quantitative estimate of drug-likeness (QED) is 0.591. The Morgan fingerprint density at radius 2 is 2.00 bits per heavy atom. The molecule has 0 aliphatic heterocycles. The minimum atomic E-state index is -0.156. The highest BCUT2D eigenvalue weighted by Gasteiger charge is 2.29. The van der Waals surface area contributed by atoms with Gasteiger partial charge in [0.25, 0.3) is 0 Å². The van der Waals surface area contributed by atoms with Gasteiger partial charge in [-0.25, -0.2) is 0 Å². The summed E-state index contributed by atoms with van der Waals surface area (Å²) in [5, 5.41) is 0.873. The lowest BCUT2D eigenvalue weighted by molar-refractivity contribution is -0.144. The predicted molar refractivity (Wildman–Crippen MR) is 73.5 cm³/mol. The van der Waals surface area contributed by atoms with E-state index in [1.54, 1.807) is 0 Å². The molecule has 0 saturated carbocycles. The van der Waals surface area contributed by atoms with Gasteiger partial charge in [-0.3, -0.25) is 4.79 Å². The van der Waals surface area contributed by atoms with Gasteiger partial charge in [-0.2, -0.15) is 0 Å². The van der Waals surface area contributed by atoms with E-state index in [0.29, 0.717) is 13.0 Å². The lowest BCUT2D eigenvalue weighted by Gasteiger charge is -2.28. The van der Waals surface area contributed by atoms with Crippen molar-refractivity contribution >= 4 is 21.9 Å². The molecule has 2 nitrogen and oxygen atoms in total. The van der Waals surface area contributed by atoms with Crippen molar-refractivity contribution < 1.29 is 9.53 Å². The normalized spacial score (nSPS) is 14.1. The van der Waals surface area contributed by atoms with Crippen LogP contribution in [-0.2, 0) is 14.9 Å². The monoisotopic (exact) mass is 298 g/mol. The van der Waals surface area contributed by atoms with Crippen molar-refractivity contribution in [3.63, 3.8) is 0 Å². The number of carbonyl (C=O) groups is 1. The highest BCUT2D eigenvalue weighted by molar-refractivity contribution is 9.09. The summed E-state index contributed by atoms with van der Waals surface area (Å²) in [5.74, 6) is -0.125. The number of benzene rings is 1. The Balaban J connectivity index is 2.86. The van der Waals surface area contributed by atoms with E-state index >= 15 is 0 Å². The summed E-state index contributed by atoms with van der Waals surface area (Å²) >= 11 is 3.46. The van der Waals surface area contributed by atoms with Gasteiger partial charge in [-0.05, 0) is 18.9 Å². The number of alkyl halides is 1. The van der Waals surface area contributed by atoms with E-state index in [2.05, 4.69) is 35.0 Å². The number of hydrogen-bond acceptors (Lipinski definition) is 2. The Morgan fingerprint density at radius 1 is 1.35 bits per heavy atom. The Hall–Kier alpha value is -0.830. The van der Waals surface area contributed by atoms with Gasteiger partial charge >= 0.3 is 5.97 Å². The molecule has 0 saturated heterocycles. The van der Waals surface area contributed by atoms with E-state index < -0.39 is 0 Å². The third-order valence-electron chi connectivity index (χ3n) is 2.96. The summed E-state index contributed by atoms with van der Waals surface area (Å²) in [6, 6.07) is 10.1. The molecule has 0 heterocycles. The maximum absolute atomic E-state index is 11.7. The van der Waals surface area contributed by atoms with E-state index in [4.69, 9.17) is 4.74 Å². The molecule has 1 unspecified atom stereocenters. The second-order valence-corrected chi connectivity index (χ2v) is 5.14. The SMILES string of the molecule is CCOC(=O)CC(C)(CCBr)c1ccccc1. The molecule has 17 heavy (non-hydrogen) atoms. The van der Waals surface area contributed by atoms with Crippen LogP contribution >= 0.6 is 15.9 Å². The molecule has 1 aromatic rings. The zero-order valence-corrected chi connectivity index (χ0v) is 12.0. The van der Waals surface area contributed by atoms with Gasteiger partial charge in [0.2, 0.25) is 0 Å². The van der Waals surface area contributed by atoms with Gasteiger partial charge in [0.1, 0.15) is 0 Å². The Morgan fingerprint density at radius 3 is 2.53 bits per heavy atom. The third-order valence-corrected chi connectivity index (χ3v) is 3.35. The van der Waals surface area contributed by atoms with Crippen LogP contribution in [0.3, 0.4) is 0 Å². The van der Waals surface area contributed by atoms with Crippen LogP contribution in [0.5, 0.6) is 0 Å². The van der Waals surface area contributed by atoms with Crippen molar-refractivity contribution in [1.82, 2.24) is 0 Å². The van der Waals surface area contributed by atoms with E-state index in [0.717, 1.165) is 11.8 Å². The highest BCUT2D eigenvalue weighted by Crippen LogP contribution is 2.32. The smallest absolute Gasteiger partial charge is 0.306 e. The molecular weight excluding hydrogens is 280 g/mol. The Kier molecular flexibility index (Phi) is 5.69. The molecule has 0 aliphatic rings.